The summed E-state index contributed by atoms with van der Waals surface area (Å²) in [6, 6.07) is 0. The highest BCUT2D eigenvalue weighted by Crippen LogP contribution is 2.07. The van der Waals surface area contributed by atoms with Gasteiger partial charge in [-0.2, -0.15) is 0 Å². The van der Waals surface area contributed by atoms with Crippen LogP contribution in [0.3, 0.4) is 0 Å². The van der Waals surface area contributed by atoms with Gasteiger partial charge in [-0.25, -0.2) is 0 Å². The molecule has 0 unspecified atom stereocenters. The van der Waals surface area contributed by atoms with Gasteiger partial charge < -0.3 is 19.9 Å². The normalized spacial score (nSPS) is 13.4. The molecule has 0 saturated heterocycles. The van der Waals surface area contributed by atoms with Crippen LogP contribution >= 0.6 is 0 Å². The van der Waals surface area contributed by atoms with Gasteiger partial charge in [-0.3, -0.25) is 24.1 Å². The van der Waals surface area contributed by atoms with Crippen molar-refractivity contribution in [2.75, 3.05) is 39.5 Å². The van der Waals surface area contributed by atoms with Crippen molar-refractivity contribution in [3.05, 3.63) is 12.2 Å². The van der Waals surface area contributed by atoms with Gasteiger partial charge in [-0.15, -0.1) is 0 Å². The molecule has 0 aromatic carbocycles. The van der Waals surface area contributed by atoms with Crippen molar-refractivity contribution in [1.82, 2.24) is 10.2 Å². The Morgan fingerprint density at radius 3 is 2.22 bits per heavy atom. The second-order valence-corrected chi connectivity index (χ2v) is 6.04. The number of hydrogen-bond acceptors (Lipinski definition) is 6. The summed E-state index contributed by atoms with van der Waals surface area (Å²) in [5, 5.41) is 11.2. The number of aliphatic carboxylic acids is 1. The molecule has 0 aromatic heterocycles. The van der Waals surface area contributed by atoms with E-state index in [1.54, 1.807) is 0 Å². The zero-order valence-corrected chi connectivity index (χ0v) is 15.5. The lowest BCUT2D eigenvalue weighted by Gasteiger charge is -2.13. The fraction of sp³-hybridized carbons (Fsp3) is 0.667. The number of carbonyl (C=O) groups excluding carboxylic acids is 3. The first-order valence-electron chi connectivity index (χ1n) is 9.18. The average molecular weight is 384 g/mol. The monoisotopic (exact) mass is 384 g/mol. The molecule has 9 nitrogen and oxygen atoms in total. The smallest absolute Gasteiger partial charge is 0.305 e. The third-order valence-corrected chi connectivity index (χ3v) is 3.79. The molecule has 0 fully saturated rings. The minimum absolute atomic E-state index is 0.00139. The van der Waals surface area contributed by atoms with Crippen molar-refractivity contribution >= 4 is 23.7 Å². The van der Waals surface area contributed by atoms with E-state index < -0.39 is 5.97 Å². The van der Waals surface area contributed by atoms with Crippen LogP contribution in [0.5, 0.6) is 0 Å². The van der Waals surface area contributed by atoms with E-state index >= 15 is 0 Å². The molecule has 1 heterocycles. The van der Waals surface area contributed by atoms with E-state index in [1.807, 2.05) is 0 Å². The summed E-state index contributed by atoms with van der Waals surface area (Å²) in [6.07, 6.45) is 5.76. The van der Waals surface area contributed by atoms with Gasteiger partial charge >= 0.3 is 5.97 Å². The molecule has 9 heteroatoms. The van der Waals surface area contributed by atoms with E-state index in [2.05, 4.69) is 5.32 Å². The maximum absolute atomic E-state index is 11.7. The predicted octanol–water partition coefficient (Wildman–Crippen LogP) is 0.486. The Balaban J connectivity index is 1.84. The van der Waals surface area contributed by atoms with Crippen LogP contribution < -0.4 is 5.32 Å². The molecule has 0 atom stereocenters. The summed E-state index contributed by atoms with van der Waals surface area (Å²) in [5.41, 5.74) is 0. The zero-order valence-electron chi connectivity index (χ0n) is 15.5. The van der Waals surface area contributed by atoms with Crippen LogP contribution in [-0.4, -0.2) is 73.2 Å². The van der Waals surface area contributed by atoms with Crippen LogP contribution in [0.1, 0.15) is 38.5 Å². The highest BCUT2D eigenvalue weighted by Gasteiger charge is 2.22. The summed E-state index contributed by atoms with van der Waals surface area (Å²) in [7, 11) is 0. The molecule has 0 aromatic rings. The number of unbranched alkanes of at least 4 members (excludes halogenated alkanes) is 2. The Morgan fingerprint density at radius 1 is 0.889 bits per heavy atom. The minimum Gasteiger partial charge on any atom is -0.481 e. The molecule has 1 aliphatic heterocycles. The maximum Gasteiger partial charge on any atom is 0.305 e. The highest BCUT2D eigenvalue weighted by atomic mass is 16.5. The SMILES string of the molecule is O=C(O)CCOCCCOCCNC(=O)CCCCCN1C(=O)C=CC1=O. The first-order valence-corrected chi connectivity index (χ1v) is 9.18. The molecule has 0 aliphatic carbocycles. The van der Waals surface area contributed by atoms with Gasteiger partial charge in [-0.1, -0.05) is 6.42 Å². The van der Waals surface area contributed by atoms with Crippen molar-refractivity contribution in [2.45, 2.75) is 38.5 Å². The summed E-state index contributed by atoms with van der Waals surface area (Å²) < 4.78 is 10.5. The molecule has 2 N–H and O–H groups in total. The lowest BCUT2D eigenvalue weighted by atomic mass is 10.2. The van der Waals surface area contributed by atoms with E-state index in [-0.39, 0.29) is 30.7 Å². The number of carboxylic acid groups (broad SMARTS) is 1. The number of rotatable bonds is 16. The Labute approximate surface area is 158 Å². The molecule has 1 rings (SSSR count). The largest absolute Gasteiger partial charge is 0.481 e. The van der Waals surface area contributed by atoms with E-state index in [9.17, 15) is 19.2 Å². The van der Waals surface area contributed by atoms with Crippen molar-refractivity contribution < 1.29 is 33.8 Å². The standard InChI is InChI=1S/C18H28N2O7/c21-15(5-2-1-3-10-20-16(22)6-7-17(20)23)19-9-14-27-12-4-11-26-13-8-18(24)25/h6-7H,1-5,8-14H2,(H,19,21)(H,24,25). The second kappa shape index (κ2) is 13.9. The lowest BCUT2D eigenvalue weighted by Crippen LogP contribution is -2.31. The second-order valence-electron chi connectivity index (χ2n) is 6.04. The third-order valence-electron chi connectivity index (χ3n) is 3.79. The maximum atomic E-state index is 11.7. The summed E-state index contributed by atoms with van der Waals surface area (Å²) in [5.74, 6) is -1.48. The predicted molar refractivity (Wildman–Crippen MR) is 95.8 cm³/mol. The number of ether oxygens (including phenoxy) is 2. The number of hydrogen-bond donors (Lipinski definition) is 2. The topological polar surface area (TPSA) is 122 Å². The fourth-order valence-electron chi connectivity index (χ4n) is 2.36. The highest BCUT2D eigenvalue weighted by molar-refractivity contribution is 6.12. The number of imide groups is 1. The Kier molecular flexibility index (Phi) is 11.7. The van der Waals surface area contributed by atoms with Gasteiger partial charge in [0.1, 0.15) is 0 Å². The number of amides is 3. The van der Waals surface area contributed by atoms with E-state index in [4.69, 9.17) is 14.6 Å². The van der Waals surface area contributed by atoms with Crippen molar-refractivity contribution in [1.29, 1.82) is 0 Å². The van der Waals surface area contributed by atoms with Gasteiger partial charge in [-0.05, 0) is 19.3 Å². The van der Waals surface area contributed by atoms with Crippen molar-refractivity contribution in [2.24, 2.45) is 0 Å². The molecule has 0 bridgehead atoms. The van der Waals surface area contributed by atoms with E-state index in [0.717, 1.165) is 6.42 Å². The fourth-order valence-corrected chi connectivity index (χ4v) is 2.36. The molecular formula is C18H28N2O7. The average Bonchev–Trinajstić information content (AvgIpc) is 2.94. The summed E-state index contributed by atoms with van der Waals surface area (Å²) >= 11 is 0. The summed E-state index contributed by atoms with van der Waals surface area (Å²) in [4.78, 5) is 45.8. The molecular weight excluding hydrogens is 356 g/mol. The van der Waals surface area contributed by atoms with Crippen LogP contribution in [0, 0.1) is 0 Å². The lowest BCUT2D eigenvalue weighted by molar-refractivity contribution is -0.139. The van der Waals surface area contributed by atoms with Crippen LogP contribution in [0.4, 0.5) is 0 Å². The zero-order chi connectivity index (χ0) is 19.9. The Hall–Kier alpha value is -2.26. The first-order chi connectivity index (χ1) is 13.0. The Bertz CT molecular complexity index is 516. The van der Waals surface area contributed by atoms with Gasteiger partial charge in [0.05, 0.1) is 19.6 Å². The molecule has 152 valence electrons. The van der Waals surface area contributed by atoms with E-state index in [1.165, 1.54) is 17.1 Å². The number of carbonyl (C=O) groups is 4. The van der Waals surface area contributed by atoms with Gasteiger partial charge in [0.25, 0.3) is 11.8 Å². The molecule has 1 aliphatic rings. The quantitative estimate of drug-likeness (QED) is 0.293. The molecule has 0 spiro atoms. The van der Waals surface area contributed by atoms with Crippen LogP contribution in [0.15, 0.2) is 12.2 Å². The molecule has 0 radical (unpaired) electrons. The minimum atomic E-state index is -0.879. The van der Waals surface area contributed by atoms with Gasteiger partial charge in [0.2, 0.25) is 5.91 Å². The van der Waals surface area contributed by atoms with Crippen LogP contribution in [-0.2, 0) is 28.7 Å². The van der Waals surface area contributed by atoms with Crippen molar-refractivity contribution in [3.8, 4) is 0 Å². The van der Waals surface area contributed by atoms with Gasteiger partial charge in [0, 0.05) is 44.9 Å². The molecule has 3 amide bonds. The van der Waals surface area contributed by atoms with Gasteiger partial charge in [0.15, 0.2) is 0 Å². The molecule has 27 heavy (non-hydrogen) atoms. The first kappa shape index (κ1) is 22.8. The number of nitrogens with one attached hydrogen (secondary N) is 1. The molecule has 0 saturated carbocycles. The van der Waals surface area contributed by atoms with Crippen LogP contribution in [0.2, 0.25) is 0 Å². The Morgan fingerprint density at radius 2 is 1.56 bits per heavy atom. The number of nitrogens with zero attached hydrogens (tertiary/aromatic N) is 1. The van der Waals surface area contributed by atoms with Crippen molar-refractivity contribution in [3.63, 3.8) is 0 Å². The summed E-state index contributed by atoms with van der Waals surface area (Å²) in [6.45, 7) is 2.37. The van der Waals surface area contributed by atoms with Crippen LogP contribution in [0.25, 0.3) is 0 Å². The third kappa shape index (κ3) is 11.1. The van der Waals surface area contributed by atoms with E-state index in [0.29, 0.717) is 58.6 Å². The number of carboxylic acids is 1.